The number of nitrogens with zero attached hydrogens (tertiary/aromatic N) is 3. The van der Waals surface area contributed by atoms with Gasteiger partial charge in [-0.05, 0) is 42.2 Å². The van der Waals surface area contributed by atoms with Crippen LogP contribution in [0.5, 0.6) is 0 Å². The summed E-state index contributed by atoms with van der Waals surface area (Å²) in [4.78, 5) is 14.5. The van der Waals surface area contributed by atoms with Crippen molar-refractivity contribution in [1.29, 1.82) is 0 Å². The SMILES string of the molecule is CN(C)CCn1ncc(Br)c1C(=O)c1ccc(CN)o1. The lowest BCUT2D eigenvalue weighted by Gasteiger charge is -2.11. The molecule has 0 saturated heterocycles. The molecule has 2 heterocycles. The van der Waals surface area contributed by atoms with Crippen molar-refractivity contribution in [2.24, 2.45) is 5.73 Å². The Balaban J connectivity index is 2.26. The first-order valence-electron chi connectivity index (χ1n) is 6.22. The van der Waals surface area contributed by atoms with Gasteiger partial charge < -0.3 is 15.1 Å². The molecule has 6 nitrogen and oxygen atoms in total. The molecule has 0 unspecified atom stereocenters. The highest BCUT2D eigenvalue weighted by Crippen LogP contribution is 2.21. The molecule has 0 bridgehead atoms. The molecule has 0 aliphatic heterocycles. The minimum Gasteiger partial charge on any atom is -0.456 e. The Kier molecular flexibility index (Phi) is 4.74. The average molecular weight is 341 g/mol. The fraction of sp³-hybridized carbons (Fsp3) is 0.385. The second-order valence-electron chi connectivity index (χ2n) is 4.67. The Bertz CT molecular complexity index is 603. The smallest absolute Gasteiger partial charge is 0.247 e. The van der Waals surface area contributed by atoms with E-state index < -0.39 is 0 Å². The molecular weight excluding hydrogens is 324 g/mol. The summed E-state index contributed by atoms with van der Waals surface area (Å²) in [7, 11) is 3.94. The van der Waals surface area contributed by atoms with Crippen LogP contribution in [0.4, 0.5) is 0 Å². The summed E-state index contributed by atoms with van der Waals surface area (Å²) < 4.78 is 7.74. The molecule has 7 heteroatoms. The molecule has 0 fully saturated rings. The van der Waals surface area contributed by atoms with Crippen LogP contribution in [-0.2, 0) is 13.1 Å². The normalized spacial score (nSPS) is 11.2. The number of ketones is 1. The quantitative estimate of drug-likeness (QED) is 0.806. The largest absolute Gasteiger partial charge is 0.456 e. The standard InChI is InChI=1S/C13H17BrN4O2/c1-17(2)5-6-18-12(10(14)8-16-18)13(19)11-4-3-9(7-15)20-11/h3-4,8H,5-7,15H2,1-2H3. The molecule has 2 rings (SSSR count). The molecule has 0 aliphatic rings. The first-order chi connectivity index (χ1) is 9.52. The molecule has 0 amide bonds. The van der Waals surface area contributed by atoms with Crippen LogP contribution in [0.3, 0.4) is 0 Å². The van der Waals surface area contributed by atoms with Crippen LogP contribution >= 0.6 is 15.9 Å². The Labute approximate surface area is 125 Å². The van der Waals surface area contributed by atoms with Crippen molar-refractivity contribution >= 4 is 21.7 Å². The van der Waals surface area contributed by atoms with Crippen molar-refractivity contribution in [1.82, 2.24) is 14.7 Å². The fourth-order valence-electron chi connectivity index (χ4n) is 1.78. The van der Waals surface area contributed by atoms with Gasteiger partial charge in [0.2, 0.25) is 5.78 Å². The summed E-state index contributed by atoms with van der Waals surface area (Å²) in [6.07, 6.45) is 1.62. The predicted molar refractivity (Wildman–Crippen MR) is 78.5 cm³/mol. The number of carbonyl (C=O) groups is 1. The van der Waals surface area contributed by atoms with Gasteiger partial charge in [0.15, 0.2) is 5.76 Å². The van der Waals surface area contributed by atoms with Crippen LogP contribution in [0.25, 0.3) is 0 Å². The summed E-state index contributed by atoms with van der Waals surface area (Å²) in [6, 6.07) is 3.35. The lowest BCUT2D eigenvalue weighted by atomic mass is 10.2. The molecule has 2 aromatic heterocycles. The second kappa shape index (κ2) is 6.34. The molecule has 2 N–H and O–H groups in total. The van der Waals surface area contributed by atoms with Gasteiger partial charge >= 0.3 is 0 Å². The van der Waals surface area contributed by atoms with Gasteiger partial charge in [-0.2, -0.15) is 5.10 Å². The molecule has 0 aliphatic carbocycles. The van der Waals surface area contributed by atoms with Crippen LogP contribution in [-0.4, -0.2) is 41.1 Å². The minimum atomic E-state index is -0.201. The zero-order valence-corrected chi connectivity index (χ0v) is 13.1. The van der Waals surface area contributed by atoms with Gasteiger partial charge in [0.05, 0.1) is 23.8 Å². The predicted octanol–water partition coefficient (Wildman–Crippen LogP) is 1.49. The number of hydrogen-bond donors (Lipinski definition) is 1. The second-order valence-corrected chi connectivity index (χ2v) is 5.52. The first-order valence-corrected chi connectivity index (χ1v) is 7.01. The molecule has 0 aromatic carbocycles. The maximum Gasteiger partial charge on any atom is 0.247 e. The van der Waals surface area contributed by atoms with Crippen molar-refractivity contribution in [3.8, 4) is 0 Å². The summed E-state index contributed by atoms with van der Waals surface area (Å²) in [5, 5.41) is 4.22. The molecular formula is C13H17BrN4O2. The van der Waals surface area contributed by atoms with Gasteiger partial charge in [-0.15, -0.1) is 0 Å². The van der Waals surface area contributed by atoms with E-state index in [1.54, 1.807) is 23.0 Å². The molecule has 2 aromatic rings. The van der Waals surface area contributed by atoms with Crippen LogP contribution < -0.4 is 5.73 Å². The molecule has 20 heavy (non-hydrogen) atoms. The highest BCUT2D eigenvalue weighted by Gasteiger charge is 2.21. The maximum absolute atomic E-state index is 12.5. The van der Waals surface area contributed by atoms with Crippen LogP contribution in [0, 0.1) is 0 Å². The monoisotopic (exact) mass is 340 g/mol. The number of halogens is 1. The third-order valence-electron chi connectivity index (χ3n) is 2.86. The molecule has 0 atom stereocenters. The van der Waals surface area contributed by atoms with Crippen molar-refractivity contribution in [2.45, 2.75) is 13.1 Å². The Morgan fingerprint density at radius 2 is 2.25 bits per heavy atom. The molecule has 0 spiro atoms. The third-order valence-corrected chi connectivity index (χ3v) is 3.44. The highest BCUT2D eigenvalue weighted by molar-refractivity contribution is 9.10. The topological polar surface area (TPSA) is 77.3 Å². The summed E-state index contributed by atoms with van der Waals surface area (Å²) in [5.74, 6) is 0.661. The molecule has 108 valence electrons. The average Bonchev–Trinajstić information content (AvgIpc) is 3.02. The van der Waals surface area contributed by atoms with Crippen molar-refractivity contribution < 1.29 is 9.21 Å². The Morgan fingerprint density at radius 3 is 2.85 bits per heavy atom. The number of hydrogen-bond acceptors (Lipinski definition) is 5. The number of rotatable bonds is 6. The third kappa shape index (κ3) is 3.17. The number of nitrogens with two attached hydrogens (primary N) is 1. The van der Waals surface area contributed by atoms with E-state index in [1.165, 1.54) is 0 Å². The highest BCUT2D eigenvalue weighted by atomic mass is 79.9. The number of furan rings is 1. The van der Waals surface area contributed by atoms with Gasteiger partial charge in [-0.25, -0.2) is 0 Å². The number of likely N-dealkylation sites (N-methyl/N-ethyl adjacent to an activating group) is 1. The minimum absolute atomic E-state index is 0.201. The molecule has 0 saturated carbocycles. The maximum atomic E-state index is 12.5. The van der Waals surface area contributed by atoms with Gasteiger partial charge in [-0.1, -0.05) is 0 Å². The zero-order chi connectivity index (χ0) is 14.7. The van der Waals surface area contributed by atoms with Crippen LogP contribution in [0.2, 0.25) is 0 Å². The summed E-state index contributed by atoms with van der Waals surface area (Å²) in [6.45, 7) is 1.69. The van der Waals surface area contributed by atoms with Gasteiger partial charge in [0, 0.05) is 6.54 Å². The lowest BCUT2D eigenvalue weighted by Crippen LogP contribution is -2.21. The van der Waals surface area contributed by atoms with E-state index in [4.69, 9.17) is 10.2 Å². The first kappa shape index (κ1) is 15.0. The van der Waals surface area contributed by atoms with Gasteiger partial charge in [0.1, 0.15) is 11.5 Å². The molecule has 0 radical (unpaired) electrons. The van der Waals surface area contributed by atoms with Crippen LogP contribution in [0.1, 0.15) is 22.0 Å². The van der Waals surface area contributed by atoms with Gasteiger partial charge in [-0.3, -0.25) is 9.48 Å². The van der Waals surface area contributed by atoms with Crippen molar-refractivity contribution in [2.75, 3.05) is 20.6 Å². The van der Waals surface area contributed by atoms with E-state index >= 15 is 0 Å². The fourth-order valence-corrected chi connectivity index (χ4v) is 2.26. The lowest BCUT2D eigenvalue weighted by molar-refractivity contribution is 0.0995. The number of aromatic nitrogens is 2. The summed E-state index contributed by atoms with van der Waals surface area (Å²) in [5.41, 5.74) is 5.98. The van der Waals surface area contributed by atoms with E-state index in [-0.39, 0.29) is 18.1 Å². The van der Waals surface area contributed by atoms with E-state index in [0.29, 0.717) is 22.5 Å². The van der Waals surface area contributed by atoms with Crippen LogP contribution in [0.15, 0.2) is 27.2 Å². The van der Waals surface area contributed by atoms with Crippen molar-refractivity contribution in [3.05, 3.63) is 40.0 Å². The number of carbonyl (C=O) groups excluding carboxylic acids is 1. The van der Waals surface area contributed by atoms with Crippen molar-refractivity contribution in [3.63, 3.8) is 0 Å². The van der Waals surface area contributed by atoms with E-state index in [2.05, 4.69) is 21.0 Å². The Hall–Kier alpha value is -1.44. The Morgan fingerprint density at radius 1 is 1.50 bits per heavy atom. The van der Waals surface area contributed by atoms with E-state index in [0.717, 1.165) is 6.54 Å². The van der Waals surface area contributed by atoms with Gasteiger partial charge in [0.25, 0.3) is 0 Å². The van der Waals surface area contributed by atoms with E-state index in [9.17, 15) is 4.79 Å². The van der Waals surface area contributed by atoms with E-state index in [1.807, 2.05) is 19.0 Å². The zero-order valence-electron chi connectivity index (χ0n) is 11.5. The summed E-state index contributed by atoms with van der Waals surface area (Å²) >= 11 is 3.36.